The number of anilines is 1. The summed E-state index contributed by atoms with van der Waals surface area (Å²) in [6.45, 7) is 3.69. The molecule has 5 rings (SSSR count). The lowest BCUT2D eigenvalue weighted by Crippen LogP contribution is -2.64. The van der Waals surface area contributed by atoms with Crippen LogP contribution in [0.2, 0.25) is 0 Å². The summed E-state index contributed by atoms with van der Waals surface area (Å²) in [4.78, 5) is 46.0. The average molecular weight is 490 g/mol. The van der Waals surface area contributed by atoms with E-state index in [1.54, 1.807) is 30.5 Å². The Morgan fingerprint density at radius 3 is 2.67 bits per heavy atom. The van der Waals surface area contributed by atoms with Crippen LogP contribution < -0.4 is 15.4 Å². The van der Waals surface area contributed by atoms with E-state index in [4.69, 9.17) is 4.74 Å². The quantitative estimate of drug-likeness (QED) is 0.552. The number of hydrogen-bond donors (Lipinski definition) is 2. The lowest BCUT2D eigenvalue weighted by molar-refractivity contribution is -0.133. The number of methoxy groups -OCH3 is 1. The second kappa shape index (κ2) is 9.29. The number of benzene rings is 1. The standard InChI is InChI=1S/C27H31N5O4/c1-17(33)29-23-21-13-20(36-3)10-11-22(21)31-16-27(2,26(35)30-19-8-4-5-9-19)32(25(34)24(23)31)15-18-7-6-12-28-14-18/h6-7,10-14,19H,4-5,8-9,15-16H2,1-3H3,(H,29,33)(H,30,35)/t27-/m1/s1. The molecule has 0 spiro atoms. The van der Waals surface area contributed by atoms with E-state index in [9.17, 15) is 14.4 Å². The van der Waals surface area contributed by atoms with Gasteiger partial charge in [0, 0.05) is 37.3 Å². The summed E-state index contributed by atoms with van der Waals surface area (Å²) >= 11 is 0. The van der Waals surface area contributed by atoms with E-state index in [-0.39, 0.29) is 36.9 Å². The molecule has 2 N–H and O–H groups in total. The third kappa shape index (κ3) is 4.08. The minimum absolute atomic E-state index is 0.117. The predicted octanol–water partition coefficient (Wildman–Crippen LogP) is 3.48. The van der Waals surface area contributed by atoms with E-state index >= 15 is 0 Å². The molecule has 1 aliphatic heterocycles. The number of carbonyl (C=O) groups is 3. The molecule has 3 amide bonds. The first kappa shape index (κ1) is 23.8. The first-order chi connectivity index (χ1) is 17.3. The average Bonchev–Trinajstić information content (AvgIpc) is 3.48. The van der Waals surface area contributed by atoms with Gasteiger partial charge in [-0.1, -0.05) is 18.9 Å². The minimum Gasteiger partial charge on any atom is -0.497 e. The van der Waals surface area contributed by atoms with Crippen molar-refractivity contribution in [1.29, 1.82) is 0 Å². The predicted molar refractivity (Wildman–Crippen MR) is 136 cm³/mol. The number of amides is 3. The van der Waals surface area contributed by atoms with Crippen molar-refractivity contribution in [2.45, 2.75) is 64.2 Å². The fourth-order valence-corrected chi connectivity index (χ4v) is 5.42. The Morgan fingerprint density at radius 2 is 2.00 bits per heavy atom. The van der Waals surface area contributed by atoms with Gasteiger partial charge in [0.1, 0.15) is 17.0 Å². The normalized spacial score (nSPS) is 19.9. The van der Waals surface area contributed by atoms with Crippen LogP contribution in [0, 0.1) is 0 Å². The van der Waals surface area contributed by atoms with Crippen LogP contribution in [0.3, 0.4) is 0 Å². The molecule has 1 atom stereocenters. The van der Waals surface area contributed by atoms with Crippen LogP contribution in [-0.4, -0.2) is 50.9 Å². The smallest absolute Gasteiger partial charge is 0.273 e. The molecule has 36 heavy (non-hydrogen) atoms. The maximum absolute atomic E-state index is 14.2. The third-order valence-electron chi connectivity index (χ3n) is 7.32. The number of pyridine rings is 1. The van der Waals surface area contributed by atoms with Crippen LogP contribution in [0.25, 0.3) is 10.9 Å². The number of aromatic nitrogens is 2. The van der Waals surface area contributed by atoms with Crippen molar-refractivity contribution in [3.8, 4) is 5.75 Å². The van der Waals surface area contributed by atoms with Gasteiger partial charge >= 0.3 is 0 Å². The van der Waals surface area contributed by atoms with E-state index in [0.29, 0.717) is 22.5 Å². The van der Waals surface area contributed by atoms with Gasteiger partial charge in [0.15, 0.2) is 0 Å². The summed E-state index contributed by atoms with van der Waals surface area (Å²) in [5, 5.41) is 6.76. The molecule has 0 unspecified atom stereocenters. The van der Waals surface area contributed by atoms with Crippen molar-refractivity contribution in [3.05, 3.63) is 54.0 Å². The summed E-state index contributed by atoms with van der Waals surface area (Å²) in [6.07, 6.45) is 7.45. The van der Waals surface area contributed by atoms with Crippen molar-refractivity contribution >= 4 is 34.3 Å². The Morgan fingerprint density at radius 1 is 1.22 bits per heavy atom. The van der Waals surface area contributed by atoms with E-state index < -0.39 is 5.54 Å². The topological polar surface area (TPSA) is 106 Å². The van der Waals surface area contributed by atoms with Crippen molar-refractivity contribution < 1.29 is 19.1 Å². The highest BCUT2D eigenvalue weighted by atomic mass is 16.5. The molecule has 1 fully saturated rings. The molecule has 3 heterocycles. The monoisotopic (exact) mass is 489 g/mol. The van der Waals surface area contributed by atoms with Gasteiger partial charge in [-0.15, -0.1) is 0 Å². The number of carbonyl (C=O) groups excluding carboxylic acids is 3. The Hall–Kier alpha value is -3.88. The third-order valence-corrected chi connectivity index (χ3v) is 7.32. The second-order valence-corrected chi connectivity index (χ2v) is 9.86. The zero-order valence-corrected chi connectivity index (χ0v) is 20.8. The van der Waals surface area contributed by atoms with Gasteiger partial charge in [-0.3, -0.25) is 19.4 Å². The largest absolute Gasteiger partial charge is 0.497 e. The van der Waals surface area contributed by atoms with Crippen molar-refractivity contribution in [1.82, 2.24) is 19.8 Å². The fraction of sp³-hybridized carbons (Fsp3) is 0.407. The van der Waals surface area contributed by atoms with E-state index in [0.717, 1.165) is 36.8 Å². The highest BCUT2D eigenvalue weighted by Gasteiger charge is 2.49. The van der Waals surface area contributed by atoms with Crippen LogP contribution in [-0.2, 0) is 22.7 Å². The SMILES string of the molecule is COc1ccc2c(c1)c(NC(C)=O)c1n2C[C@](C)(C(=O)NC2CCCC2)N(Cc2cccnc2)C1=O. The number of hydrogen-bond acceptors (Lipinski definition) is 5. The van der Waals surface area contributed by atoms with Crippen LogP contribution in [0.5, 0.6) is 5.75 Å². The summed E-state index contributed by atoms with van der Waals surface area (Å²) in [6, 6.07) is 9.30. The number of rotatable bonds is 6. The molecular weight excluding hydrogens is 458 g/mol. The Balaban J connectivity index is 1.66. The molecule has 3 aromatic rings. The van der Waals surface area contributed by atoms with Crippen LogP contribution in [0.4, 0.5) is 5.69 Å². The van der Waals surface area contributed by atoms with Crippen molar-refractivity contribution in [2.24, 2.45) is 0 Å². The van der Waals surface area contributed by atoms with Crippen LogP contribution in [0.1, 0.15) is 55.6 Å². The molecule has 9 nitrogen and oxygen atoms in total. The van der Waals surface area contributed by atoms with Gasteiger partial charge in [-0.25, -0.2) is 0 Å². The van der Waals surface area contributed by atoms with Gasteiger partial charge in [0.25, 0.3) is 5.91 Å². The lowest BCUT2D eigenvalue weighted by Gasteiger charge is -2.44. The van der Waals surface area contributed by atoms with Crippen molar-refractivity contribution in [3.63, 3.8) is 0 Å². The van der Waals surface area contributed by atoms with E-state index in [1.807, 2.05) is 35.8 Å². The summed E-state index contributed by atoms with van der Waals surface area (Å²) in [5.41, 5.74) is 1.20. The molecule has 2 aromatic heterocycles. The Bertz CT molecular complexity index is 1330. The minimum atomic E-state index is -1.15. The van der Waals surface area contributed by atoms with E-state index in [1.165, 1.54) is 6.92 Å². The molecule has 0 saturated heterocycles. The lowest BCUT2D eigenvalue weighted by atomic mass is 9.93. The maximum Gasteiger partial charge on any atom is 0.273 e. The zero-order valence-electron chi connectivity index (χ0n) is 20.8. The molecular formula is C27H31N5O4. The van der Waals surface area contributed by atoms with Gasteiger partial charge in [-0.05, 0) is 49.6 Å². The molecule has 1 saturated carbocycles. The zero-order chi connectivity index (χ0) is 25.4. The van der Waals surface area contributed by atoms with Gasteiger partial charge in [0.2, 0.25) is 11.8 Å². The molecule has 0 radical (unpaired) electrons. The first-order valence-electron chi connectivity index (χ1n) is 12.3. The highest BCUT2D eigenvalue weighted by molar-refractivity contribution is 6.14. The van der Waals surface area contributed by atoms with Gasteiger partial charge < -0.3 is 24.8 Å². The number of nitrogens with one attached hydrogen (secondary N) is 2. The van der Waals surface area contributed by atoms with Crippen molar-refractivity contribution in [2.75, 3.05) is 12.4 Å². The Labute approximate surface area is 209 Å². The number of fused-ring (bicyclic) bond motifs is 3. The number of nitrogens with zero attached hydrogens (tertiary/aromatic N) is 3. The molecule has 2 aliphatic rings. The second-order valence-electron chi connectivity index (χ2n) is 9.86. The van der Waals surface area contributed by atoms with E-state index in [2.05, 4.69) is 15.6 Å². The summed E-state index contributed by atoms with van der Waals surface area (Å²) < 4.78 is 7.26. The molecule has 9 heteroatoms. The molecule has 1 aliphatic carbocycles. The highest BCUT2D eigenvalue weighted by Crippen LogP contribution is 2.40. The Kier molecular flexibility index (Phi) is 6.15. The maximum atomic E-state index is 14.2. The van der Waals surface area contributed by atoms with Gasteiger partial charge in [0.05, 0.1) is 24.9 Å². The summed E-state index contributed by atoms with van der Waals surface area (Å²) in [5.74, 6) is -0.174. The van der Waals surface area contributed by atoms with Gasteiger partial charge in [-0.2, -0.15) is 0 Å². The van der Waals surface area contributed by atoms with Crippen LogP contribution in [0.15, 0.2) is 42.7 Å². The summed E-state index contributed by atoms with van der Waals surface area (Å²) in [7, 11) is 1.57. The number of ether oxygens (including phenoxy) is 1. The molecule has 1 aromatic carbocycles. The van der Waals surface area contributed by atoms with Crippen LogP contribution >= 0.6 is 0 Å². The first-order valence-corrected chi connectivity index (χ1v) is 12.3. The fourth-order valence-electron chi connectivity index (χ4n) is 5.42. The molecule has 0 bridgehead atoms. The molecule has 188 valence electrons.